The molecule has 0 bridgehead atoms. The van der Waals surface area contributed by atoms with Gasteiger partial charge in [-0.2, -0.15) is 0 Å². The van der Waals surface area contributed by atoms with Gasteiger partial charge < -0.3 is 19.8 Å². The van der Waals surface area contributed by atoms with Crippen molar-refractivity contribution in [1.82, 2.24) is 9.71 Å². The molecule has 0 aliphatic carbocycles. The Labute approximate surface area is 162 Å². The van der Waals surface area contributed by atoms with Crippen LogP contribution in [0.3, 0.4) is 0 Å². The van der Waals surface area contributed by atoms with E-state index in [1.807, 2.05) is 0 Å². The molecule has 8 heteroatoms. The van der Waals surface area contributed by atoms with Crippen molar-refractivity contribution < 1.29 is 70.3 Å². The molecule has 0 aliphatic heterocycles. The Morgan fingerprint density at radius 3 is 2.72 bits per heavy atom. The van der Waals surface area contributed by atoms with Crippen LogP contribution >= 0.6 is 11.9 Å². The number of nitrogens with one attached hydrogen (secondary N) is 1. The van der Waals surface area contributed by atoms with E-state index in [4.69, 9.17) is 0 Å². The number of hydrogen-bond acceptors (Lipinski definition) is 5. The summed E-state index contributed by atoms with van der Waals surface area (Å²) < 4.78 is 3.00. The van der Waals surface area contributed by atoms with Gasteiger partial charge in [0.05, 0.1) is 4.92 Å². The van der Waals surface area contributed by atoms with Crippen LogP contribution < -0.4 is 4.72 Å². The Hall–Kier alpha value is 1.07. The summed E-state index contributed by atoms with van der Waals surface area (Å²) in [6, 6.07) is 2.98. The topological polar surface area (TPSA) is 68.1 Å². The maximum Gasteiger partial charge on any atom is 0.302 e. The smallest absolute Gasteiger partial charge is 0.302 e. The van der Waals surface area contributed by atoms with E-state index in [0.717, 1.165) is 18.4 Å². The Kier molecular flexibility index (Phi) is 14.1. The molecule has 0 unspecified atom stereocenters. The third-order valence-electron chi connectivity index (χ3n) is 1.77. The van der Waals surface area contributed by atoms with Crippen molar-refractivity contribution in [3.8, 4) is 0 Å². The van der Waals surface area contributed by atoms with Gasteiger partial charge in [-0.3, -0.25) is 14.8 Å². The molecular formula is C10H13N3O2SY2-2. The molecule has 18 heavy (non-hydrogen) atoms. The predicted molar refractivity (Wildman–Crippen MR) is 63.6 cm³/mol. The fourth-order valence-electron chi connectivity index (χ4n) is 0.982. The third-order valence-corrected chi connectivity index (χ3v) is 2.63. The van der Waals surface area contributed by atoms with Crippen LogP contribution in [0.2, 0.25) is 0 Å². The minimum absolute atomic E-state index is 0. The third kappa shape index (κ3) is 8.28. The van der Waals surface area contributed by atoms with Gasteiger partial charge in [0.2, 0.25) is 0 Å². The van der Waals surface area contributed by atoms with Crippen molar-refractivity contribution in [3.63, 3.8) is 0 Å². The number of hydrogen-bond donors (Lipinski definition) is 1. The van der Waals surface area contributed by atoms with Crippen molar-refractivity contribution in [2.45, 2.75) is 11.4 Å². The van der Waals surface area contributed by atoms with Crippen molar-refractivity contribution in [3.05, 3.63) is 42.3 Å². The molecule has 1 N–H and O–H groups in total. The molecule has 0 aromatic carbocycles. The summed E-state index contributed by atoms with van der Waals surface area (Å²) in [6.07, 6.45) is 2.34. The van der Waals surface area contributed by atoms with Crippen LogP contribution in [0.25, 0.3) is 0 Å². The molecule has 5 nitrogen and oxygen atoms in total. The molecule has 0 saturated carbocycles. The molecule has 2 radical (unpaired) electrons. The van der Waals surface area contributed by atoms with Gasteiger partial charge in [-0.05, 0) is 18.0 Å². The summed E-state index contributed by atoms with van der Waals surface area (Å²) in [5.41, 5.74) is 0.0146. The molecule has 0 spiro atoms. The first kappa shape index (κ1) is 21.4. The summed E-state index contributed by atoms with van der Waals surface area (Å²) in [6.45, 7) is 8.18. The van der Waals surface area contributed by atoms with Crippen LogP contribution in [-0.2, 0) is 65.4 Å². The SMILES string of the molecule is [CH2-]C([CH2-])CCNSc1ncccc1[N+](=O)[O-].[Y].[Y]. The zero-order chi connectivity index (χ0) is 12.0. The largest absolute Gasteiger partial charge is 0.369 e. The number of nitrogens with zero attached hydrogens (tertiary/aromatic N) is 2. The zero-order valence-electron chi connectivity index (χ0n) is 9.91. The first-order valence-electron chi connectivity index (χ1n) is 4.76. The molecule has 1 aromatic rings. The first-order valence-corrected chi connectivity index (χ1v) is 5.58. The van der Waals surface area contributed by atoms with Gasteiger partial charge in [0.15, 0.2) is 5.03 Å². The molecule has 0 atom stereocenters. The van der Waals surface area contributed by atoms with Crippen LogP contribution in [0, 0.1) is 29.9 Å². The first-order chi connectivity index (χ1) is 7.61. The van der Waals surface area contributed by atoms with Crippen LogP contribution in [0.1, 0.15) is 6.42 Å². The van der Waals surface area contributed by atoms with Gasteiger partial charge in [0.1, 0.15) is 0 Å². The van der Waals surface area contributed by atoms with E-state index in [1.165, 1.54) is 12.3 Å². The molecule has 0 saturated heterocycles. The average Bonchev–Trinajstić information content (AvgIpc) is 2.24. The number of nitro groups is 1. The standard InChI is InChI=1S/C10H13N3O2S.2Y/c1-8(2)5-7-12-16-10-9(13(14)15)4-3-6-11-10;;/h3-4,6,8,12H,1-2,5,7H2;;/q-2;;. The van der Waals surface area contributed by atoms with Crippen LogP contribution in [0.15, 0.2) is 23.4 Å². The second-order valence-electron chi connectivity index (χ2n) is 3.24. The summed E-state index contributed by atoms with van der Waals surface area (Å²) in [5, 5.41) is 11.0. The maximum atomic E-state index is 10.7. The molecule has 0 fully saturated rings. The molecule has 1 heterocycles. The minimum Gasteiger partial charge on any atom is -0.369 e. The quantitative estimate of drug-likeness (QED) is 0.253. The second kappa shape index (κ2) is 11.9. The van der Waals surface area contributed by atoms with E-state index in [0.29, 0.717) is 11.6 Å². The molecule has 94 valence electrons. The Morgan fingerprint density at radius 1 is 1.50 bits per heavy atom. The van der Waals surface area contributed by atoms with E-state index in [9.17, 15) is 10.1 Å². The normalized spacial score (nSPS) is 9.50. The summed E-state index contributed by atoms with van der Waals surface area (Å²) >= 11 is 1.16. The zero-order valence-corrected chi connectivity index (χ0v) is 16.4. The van der Waals surface area contributed by atoms with Crippen LogP contribution in [0.4, 0.5) is 5.69 Å². The van der Waals surface area contributed by atoms with Gasteiger partial charge in [-0.15, -0.1) is 0 Å². The Bertz CT molecular complexity index is 367. The summed E-state index contributed by atoms with van der Waals surface area (Å²) in [5.74, 6) is 0.117. The Morgan fingerprint density at radius 2 is 2.17 bits per heavy atom. The predicted octanol–water partition coefficient (Wildman–Crippen LogP) is 2.26. The number of pyridine rings is 1. The number of aromatic nitrogens is 1. The van der Waals surface area contributed by atoms with Crippen molar-refractivity contribution in [2.75, 3.05) is 6.54 Å². The summed E-state index contributed by atoms with van der Waals surface area (Å²) in [4.78, 5) is 14.2. The van der Waals surface area contributed by atoms with Crippen LogP contribution in [0.5, 0.6) is 0 Å². The van der Waals surface area contributed by atoms with Crippen molar-refractivity contribution in [1.29, 1.82) is 0 Å². The summed E-state index contributed by atoms with van der Waals surface area (Å²) in [7, 11) is 0. The molecule has 0 amide bonds. The van der Waals surface area contributed by atoms with Gasteiger partial charge in [-0.25, -0.2) is 4.98 Å². The fourth-order valence-corrected chi connectivity index (χ4v) is 1.70. The van der Waals surface area contributed by atoms with Gasteiger partial charge in [0, 0.05) is 84.2 Å². The maximum absolute atomic E-state index is 10.7. The van der Waals surface area contributed by atoms with Gasteiger partial charge in [0.25, 0.3) is 0 Å². The van der Waals surface area contributed by atoms with E-state index < -0.39 is 4.92 Å². The minimum atomic E-state index is -0.442. The van der Waals surface area contributed by atoms with Crippen LogP contribution in [-0.4, -0.2) is 16.5 Å². The van der Waals surface area contributed by atoms with E-state index in [1.54, 1.807) is 6.07 Å². The van der Waals surface area contributed by atoms with Crippen molar-refractivity contribution >= 4 is 17.6 Å². The van der Waals surface area contributed by atoms with E-state index in [-0.39, 0.29) is 77.0 Å². The second-order valence-corrected chi connectivity index (χ2v) is 4.12. The van der Waals surface area contributed by atoms with Gasteiger partial charge in [-0.1, -0.05) is 6.42 Å². The average molecular weight is 417 g/mol. The van der Waals surface area contributed by atoms with Crippen molar-refractivity contribution in [2.24, 2.45) is 5.92 Å². The molecule has 1 rings (SSSR count). The van der Waals surface area contributed by atoms with E-state index >= 15 is 0 Å². The van der Waals surface area contributed by atoms with Gasteiger partial charge >= 0.3 is 5.69 Å². The monoisotopic (exact) mass is 417 g/mol. The fraction of sp³-hybridized carbons (Fsp3) is 0.300. The number of rotatable bonds is 6. The molecule has 0 aliphatic rings. The molecular weight excluding hydrogens is 404 g/mol. The molecule has 1 aromatic heterocycles. The van der Waals surface area contributed by atoms with E-state index in [2.05, 4.69) is 23.6 Å². The Balaban J connectivity index is 0.